The molecule has 144 valence electrons. The van der Waals surface area contributed by atoms with Crippen molar-refractivity contribution < 1.29 is 27.8 Å². The van der Waals surface area contributed by atoms with Crippen LogP contribution in [-0.4, -0.2) is 38.8 Å². The number of piperidine rings is 1. The van der Waals surface area contributed by atoms with Crippen molar-refractivity contribution in [3.8, 4) is 0 Å². The molecule has 0 aliphatic carbocycles. The molecule has 2 unspecified atom stereocenters. The van der Waals surface area contributed by atoms with E-state index >= 15 is 0 Å². The molecule has 5 nitrogen and oxygen atoms in total. The van der Waals surface area contributed by atoms with Crippen LogP contribution in [0, 0.1) is 0 Å². The Balaban J connectivity index is 1.83. The number of rotatable bonds is 1. The van der Waals surface area contributed by atoms with Crippen molar-refractivity contribution in [3.05, 3.63) is 29.6 Å². The summed E-state index contributed by atoms with van der Waals surface area (Å²) >= 11 is 0. The Morgan fingerprint density at radius 3 is 2.35 bits per heavy atom. The van der Waals surface area contributed by atoms with Crippen LogP contribution in [-0.2, 0) is 16.5 Å². The molecule has 2 saturated heterocycles. The Morgan fingerprint density at radius 1 is 1.27 bits per heavy atom. The van der Waals surface area contributed by atoms with Crippen LogP contribution in [0.25, 0.3) is 0 Å². The highest BCUT2D eigenvalue weighted by molar-refractivity contribution is 5.69. The summed E-state index contributed by atoms with van der Waals surface area (Å²) in [6.07, 6.45) is -2.20. The van der Waals surface area contributed by atoms with Crippen LogP contribution in [0.15, 0.2) is 18.3 Å². The third-order valence-corrected chi connectivity index (χ3v) is 4.93. The summed E-state index contributed by atoms with van der Waals surface area (Å²) in [4.78, 5) is 18.1. The smallest absolute Gasteiger partial charge is 0.416 e. The van der Waals surface area contributed by atoms with E-state index in [1.54, 1.807) is 25.7 Å². The van der Waals surface area contributed by atoms with E-state index in [0.29, 0.717) is 12.8 Å². The summed E-state index contributed by atoms with van der Waals surface area (Å²) in [5.74, 6) is 0. The predicted molar refractivity (Wildman–Crippen MR) is 87.3 cm³/mol. The minimum Gasteiger partial charge on any atom is -0.444 e. The number of hydrogen-bond acceptors (Lipinski definition) is 4. The highest BCUT2D eigenvalue weighted by atomic mass is 19.4. The largest absolute Gasteiger partial charge is 0.444 e. The molecule has 3 heterocycles. The second-order valence-electron chi connectivity index (χ2n) is 8.14. The fourth-order valence-electron chi connectivity index (χ4n) is 3.91. The maximum absolute atomic E-state index is 13.0. The van der Waals surface area contributed by atoms with Crippen molar-refractivity contribution in [2.45, 2.75) is 75.9 Å². The highest BCUT2D eigenvalue weighted by Crippen LogP contribution is 2.46. The second-order valence-corrected chi connectivity index (χ2v) is 8.14. The Bertz CT molecular complexity index is 686. The number of fused-ring (bicyclic) bond motifs is 2. The summed E-state index contributed by atoms with van der Waals surface area (Å²) < 4.78 is 44.4. The lowest BCUT2D eigenvalue weighted by Crippen LogP contribution is -2.53. The van der Waals surface area contributed by atoms with Crippen LogP contribution in [0.5, 0.6) is 0 Å². The van der Waals surface area contributed by atoms with Crippen LogP contribution in [0.2, 0.25) is 0 Å². The Kier molecular flexibility index (Phi) is 4.45. The van der Waals surface area contributed by atoms with Crippen molar-refractivity contribution in [1.29, 1.82) is 0 Å². The van der Waals surface area contributed by atoms with E-state index in [-0.39, 0.29) is 30.6 Å². The molecule has 26 heavy (non-hydrogen) atoms. The van der Waals surface area contributed by atoms with E-state index in [4.69, 9.17) is 4.74 Å². The van der Waals surface area contributed by atoms with Gasteiger partial charge in [-0.1, -0.05) is 0 Å². The molecule has 1 N–H and O–H groups in total. The normalized spacial score (nSPS) is 29.0. The van der Waals surface area contributed by atoms with E-state index in [1.807, 2.05) is 0 Å². The lowest BCUT2D eigenvalue weighted by atomic mass is 9.83. The first-order valence-corrected chi connectivity index (χ1v) is 8.66. The first-order chi connectivity index (χ1) is 11.9. The molecule has 2 atom stereocenters. The monoisotopic (exact) mass is 372 g/mol. The van der Waals surface area contributed by atoms with Gasteiger partial charge in [-0.05, 0) is 45.7 Å². The second kappa shape index (κ2) is 6.11. The maximum atomic E-state index is 13.0. The molecule has 2 bridgehead atoms. The SMILES string of the molecule is CC(C)(C)OC(=O)N1C2CCC1CC(O)(c1cc(C(F)(F)F)ccn1)C2. The number of carbonyl (C=O) groups excluding carboxylic acids is 1. The van der Waals surface area contributed by atoms with Gasteiger partial charge in [0.15, 0.2) is 0 Å². The van der Waals surface area contributed by atoms with E-state index in [9.17, 15) is 23.1 Å². The molecular formula is C18H23F3N2O3. The van der Waals surface area contributed by atoms with E-state index in [2.05, 4.69) is 4.98 Å². The molecule has 0 radical (unpaired) electrons. The van der Waals surface area contributed by atoms with E-state index < -0.39 is 29.0 Å². The minimum atomic E-state index is -4.50. The van der Waals surface area contributed by atoms with Gasteiger partial charge < -0.3 is 14.7 Å². The first-order valence-electron chi connectivity index (χ1n) is 8.66. The topological polar surface area (TPSA) is 62.7 Å². The third-order valence-electron chi connectivity index (χ3n) is 4.93. The van der Waals surface area contributed by atoms with E-state index in [0.717, 1.165) is 18.3 Å². The predicted octanol–water partition coefficient (Wildman–Crippen LogP) is 3.85. The van der Waals surface area contributed by atoms with Crippen LogP contribution in [0.4, 0.5) is 18.0 Å². The highest BCUT2D eigenvalue weighted by Gasteiger charge is 2.52. The van der Waals surface area contributed by atoms with Crippen LogP contribution < -0.4 is 0 Å². The molecule has 0 aromatic carbocycles. The summed E-state index contributed by atoms with van der Waals surface area (Å²) in [6.45, 7) is 5.33. The maximum Gasteiger partial charge on any atom is 0.416 e. The van der Waals surface area contributed by atoms with Gasteiger partial charge in [-0.3, -0.25) is 4.98 Å². The number of ether oxygens (including phenoxy) is 1. The van der Waals surface area contributed by atoms with Crippen LogP contribution in [0.1, 0.15) is 57.7 Å². The standard InChI is InChI=1S/C18H23F3N2O3/c1-16(2,3)26-15(24)23-12-4-5-13(23)10-17(25,9-12)14-8-11(6-7-22-14)18(19,20)21/h6-8,12-13,25H,4-5,9-10H2,1-3H3. The van der Waals surface area contributed by atoms with Crippen molar-refractivity contribution >= 4 is 6.09 Å². The van der Waals surface area contributed by atoms with Crippen LogP contribution in [0.3, 0.4) is 0 Å². The number of carbonyl (C=O) groups is 1. The van der Waals surface area contributed by atoms with Gasteiger partial charge in [0.2, 0.25) is 0 Å². The van der Waals surface area contributed by atoms with Gasteiger partial charge in [0.05, 0.1) is 11.3 Å². The minimum absolute atomic E-state index is 0.00747. The molecule has 2 fully saturated rings. The molecule has 0 spiro atoms. The van der Waals surface area contributed by atoms with Gasteiger partial charge >= 0.3 is 12.3 Å². The van der Waals surface area contributed by atoms with Gasteiger partial charge in [-0.25, -0.2) is 4.79 Å². The molecule has 1 aromatic rings. The fraction of sp³-hybridized carbons (Fsp3) is 0.667. The van der Waals surface area contributed by atoms with Gasteiger partial charge in [0.1, 0.15) is 11.2 Å². The number of pyridine rings is 1. The lowest BCUT2D eigenvalue weighted by Gasteiger charge is -2.43. The van der Waals surface area contributed by atoms with Gasteiger partial charge in [0, 0.05) is 31.1 Å². The fourth-order valence-corrected chi connectivity index (χ4v) is 3.91. The number of hydrogen-bond donors (Lipinski definition) is 1. The summed E-state index contributed by atoms with van der Waals surface area (Å²) in [7, 11) is 0. The Hall–Kier alpha value is -1.83. The van der Waals surface area contributed by atoms with Crippen LogP contribution >= 0.6 is 0 Å². The molecule has 8 heteroatoms. The van der Waals surface area contributed by atoms with Gasteiger partial charge in [0.25, 0.3) is 0 Å². The molecule has 2 aliphatic rings. The number of aliphatic hydroxyl groups is 1. The zero-order valence-electron chi connectivity index (χ0n) is 15.0. The number of halogens is 3. The van der Waals surface area contributed by atoms with Crippen molar-refractivity contribution in [1.82, 2.24) is 9.88 Å². The first kappa shape index (κ1) is 18.9. The summed E-state index contributed by atoms with van der Waals surface area (Å²) in [5, 5.41) is 11.0. The summed E-state index contributed by atoms with van der Waals surface area (Å²) in [5.41, 5.74) is -2.94. The molecule has 1 amide bonds. The molecule has 2 aliphatic heterocycles. The summed E-state index contributed by atoms with van der Waals surface area (Å²) in [6, 6.07) is 1.25. The zero-order valence-corrected chi connectivity index (χ0v) is 15.0. The van der Waals surface area contributed by atoms with Crippen molar-refractivity contribution in [3.63, 3.8) is 0 Å². The molecule has 1 aromatic heterocycles. The Morgan fingerprint density at radius 2 is 1.85 bits per heavy atom. The van der Waals surface area contributed by atoms with E-state index in [1.165, 1.54) is 0 Å². The average molecular weight is 372 g/mol. The third kappa shape index (κ3) is 3.65. The number of amides is 1. The number of aromatic nitrogens is 1. The lowest BCUT2D eigenvalue weighted by molar-refractivity contribution is -0.138. The van der Waals surface area contributed by atoms with Crippen molar-refractivity contribution in [2.24, 2.45) is 0 Å². The molecule has 0 saturated carbocycles. The van der Waals surface area contributed by atoms with Gasteiger partial charge in [-0.2, -0.15) is 13.2 Å². The Labute approximate surface area is 150 Å². The van der Waals surface area contributed by atoms with Gasteiger partial charge in [-0.15, -0.1) is 0 Å². The zero-order chi connectivity index (χ0) is 19.3. The average Bonchev–Trinajstić information content (AvgIpc) is 2.78. The van der Waals surface area contributed by atoms with Crippen molar-refractivity contribution in [2.75, 3.05) is 0 Å². The number of nitrogens with zero attached hydrogens (tertiary/aromatic N) is 2. The number of alkyl halides is 3. The quantitative estimate of drug-likeness (QED) is 0.813. The molecule has 3 rings (SSSR count). The molecular weight excluding hydrogens is 349 g/mol.